The summed E-state index contributed by atoms with van der Waals surface area (Å²) in [5, 5.41) is 10.9. The fourth-order valence-corrected chi connectivity index (χ4v) is 5.69. The second-order valence-electron chi connectivity index (χ2n) is 6.47. The molecule has 0 fully saturated rings. The van der Waals surface area contributed by atoms with Crippen LogP contribution in [0.25, 0.3) is 0 Å². The smallest absolute Gasteiger partial charge is 0.265 e. The largest absolute Gasteiger partial charge is 0.495 e. The number of rotatable bonds is 10. The highest BCUT2D eigenvalue weighted by atomic mass is 35.5. The van der Waals surface area contributed by atoms with Gasteiger partial charge in [-0.1, -0.05) is 34.7 Å². The minimum atomic E-state index is -4.29. The first kappa shape index (κ1) is 25.9. The molecule has 0 spiro atoms. The van der Waals surface area contributed by atoms with Crippen LogP contribution < -0.4 is 23.8 Å². The van der Waals surface area contributed by atoms with E-state index in [-0.39, 0.29) is 32.2 Å². The second-order valence-corrected chi connectivity index (χ2v) is 10.8. The molecular weight excluding hydrogens is 524 g/mol. The zero-order chi connectivity index (χ0) is 24.9. The molecule has 1 aromatic heterocycles. The number of hydrogen-bond donors (Lipinski definition) is 1. The number of aromatic nitrogens is 2. The highest BCUT2D eigenvalue weighted by Gasteiger charge is 2.31. The van der Waals surface area contributed by atoms with E-state index in [9.17, 15) is 13.2 Å². The summed E-state index contributed by atoms with van der Waals surface area (Å²) in [6.07, 6.45) is 1.83. The molecule has 0 saturated carbocycles. The Morgan fingerprint density at radius 3 is 2.35 bits per heavy atom. The van der Waals surface area contributed by atoms with Crippen LogP contribution in [0.2, 0.25) is 5.02 Å². The SMILES string of the molecule is COc1ccc(S(=O)(=O)N(CC(=O)Nc2nnc(SC)s2)c2cc(Cl)ccc2OC)cc1OC. The quantitative estimate of drug-likeness (QED) is 0.300. The molecule has 0 unspecified atom stereocenters. The van der Waals surface area contributed by atoms with Crippen molar-refractivity contribution in [1.29, 1.82) is 0 Å². The number of halogens is 1. The number of nitrogens with one attached hydrogen (secondary N) is 1. The summed E-state index contributed by atoms with van der Waals surface area (Å²) in [5.74, 6) is 0.146. The topological polar surface area (TPSA) is 120 Å². The molecule has 0 saturated heterocycles. The van der Waals surface area contributed by atoms with Gasteiger partial charge in [-0.3, -0.25) is 14.4 Å². The highest BCUT2D eigenvalue weighted by Crippen LogP contribution is 2.37. The van der Waals surface area contributed by atoms with Crippen molar-refractivity contribution in [2.45, 2.75) is 9.24 Å². The van der Waals surface area contributed by atoms with E-state index in [2.05, 4.69) is 15.5 Å². The third-order valence-corrected chi connectivity index (χ3v) is 8.27. The molecule has 0 aliphatic carbocycles. The monoisotopic (exact) mass is 544 g/mol. The summed E-state index contributed by atoms with van der Waals surface area (Å²) >= 11 is 8.70. The van der Waals surface area contributed by atoms with Gasteiger partial charge in [-0.2, -0.15) is 0 Å². The maximum Gasteiger partial charge on any atom is 0.265 e. The Labute approximate surface area is 210 Å². The Hall–Kier alpha value is -2.74. The fraction of sp³-hybridized carbons (Fsp3) is 0.250. The van der Waals surface area contributed by atoms with Gasteiger partial charge in [0.2, 0.25) is 11.0 Å². The number of carbonyl (C=O) groups is 1. The lowest BCUT2D eigenvalue weighted by Crippen LogP contribution is -2.38. The molecule has 0 radical (unpaired) electrons. The summed E-state index contributed by atoms with van der Waals surface area (Å²) in [4.78, 5) is 12.8. The molecule has 182 valence electrons. The van der Waals surface area contributed by atoms with Crippen LogP contribution in [0.15, 0.2) is 45.6 Å². The lowest BCUT2D eigenvalue weighted by molar-refractivity contribution is -0.114. The Kier molecular flexibility index (Phi) is 8.47. The van der Waals surface area contributed by atoms with Crippen molar-refractivity contribution in [3.63, 3.8) is 0 Å². The molecule has 2 aromatic carbocycles. The normalized spacial score (nSPS) is 11.1. The molecule has 1 N–H and O–H groups in total. The van der Waals surface area contributed by atoms with Gasteiger partial charge in [0, 0.05) is 11.1 Å². The number of amides is 1. The van der Waals surface area contributed by atoms with Crippen LogP contribution >= 0.6 is 34.7 Å². The molecule has 1 amide bonds. The van der Waals surface area contributed by atoms with Crippen LogP contribution in [0, 0.1) is 0 Å². The molecule has 3 aromatic rings. The van der Waals surface area contributed by atoms with Gasteiger partial charge in [0.05, 0.1) is 31.9 Å². The van der Waals surface area contributed by atoms with Crippen molar-refractivity contribution in [1.82, 2.24) is 10.2 Å². The Bertz CT molecular complexity index is 1290. The van der Waals surface area contributed by atoms with Gasteiger partial charge in [0.25, 0.3) is 10.0 Å². The summed E-state index contributed by atoms with van der Waals surface area (Å²) in [6, 6.07) is 8.60. The third kappa shape index (κ3) is 5.66. The van der Waals surface area contributed by atoms with Crippen LogP contribution in [-0.4, -0.2) is 58.7 Å². The van der Waals surface area contributed by atoms with Crippen LogP contribution in [0.4, 0.5) is 10.8 Å². The molecule has 34 heavy (non-hydrogen) atoms. The van der Waals surface area contributed by atoms with E-state index in [1.54, 1.807) is 6.07 Å². The molecule has 0 atom stereocenters. The molecule has 3 rings (SSSR count). The molecule has 0 bridgehead atoms. The van der Waals surface area contributed by atoms with Gasteiger partial charge in [-0.15, -0.1) is 10.2 Å². The van der Waals surface area contributed by atoms with E-state index < -0.39 is 22.5 Å². The molecule has 0 aliphatic heterocycles. The number of methoxy groups -OCH3 is 3. The predicted octanol–water partition coefficient (Wildman–Crippen LogP) is 3.77. The fourth-order valence-electron chi connectivity index (χ4n) is 2.89. The average molecular weight is 545 g/mol. The second kappa shape index (κ2) is 11.1. The minimum Gasteiger partial charge on any atom is -0.495 e. The van der Waals surface area contributed by atoms with Crippen molar-refractivity contribution in [2.24, 2.45) is 0 Å². The van der Waals surface area contributed by atoms with Crippen LogP contribution in [0.5, 0.6) is 17.2 Å². The van der Waals surface area contributed by atoms with Gasteiger partial charge in [-0.25, -0.2) is 8.42 Å². The summed E-state index contributed by atoms with van der Waals surface area (Å²) in [7, 11) is -0.0651. The average Bonchev–Trinajstić information content (AvgIpc) is 3.29. The van der Waals surface area contributed by atoms with Gasteiger partial charge in [-0.05, 0) is 36.6 Å². The first-order valence-electron chi connectivity index (χ1n) is 9.49. The zero-order valence-electron chi connectivity index (χ0n) is 18.6. The van der Waals surface area contributed by atoms with E-state index >= 15 is 0 Å². The van der Waals surface area contributed by atoms with E-state index in [4.69, 9.17) is 25.8 Å². The van der Waals surface area contributed by atoms with Gasteiger partial charge >= 0.3 is 0 Å². The predicted molar refractivity (Wildman–Crippen MR) is 132 cm³/mol. The van der Waals surface area contributed by atoms with Gasteiger partial charge in [0.15, 0.2) is 15.8 Å². The van der Waals surface area contributed by atoms with Crippen LogP contribution in [0.1, 0.15) is 0 Å². The van der Waals surface area contributed by atoms with Crippen LogP contribution in [-0.2, 0) is 14.8 Å². The number of thioether (sulfide) groups is 1. The zero-order valence-corrected chi connectivity index (χ0v) is 21.8. The van der Waals surface area contributed by atoms with Crippen molar-refractivity contribution < 1.29 is 27.4 Å². The highest BCUT2D eigenvalue weighted by molar-refractivity contribution is 8.00. The molecule has 0 aliphatic rings. The first-order valence-corrected chi connectivity index (χ1v) is 13.3. The van der Waals surface area contributed by atoms with Crippen LogP contribution in [0.3, 0.4) is 0 Å². The van der Waals surface area contributed by atoms with E-state index in [1.165, 1.54) is 74.8 Å². The molecule has 14 heteroatoms. The molecular formula is C20H21ClN4O6S3. The van der Waals surface area contributed by atoms with Gasteiger partial charge < -0.3 is 14.2 Å². The lowest BCUT2D eigenvalue weighted by atomic mass is 10.3. The van der Waals surface area contributed by atoms with Crippen molar-refractivity contribution in [3.8, 4) is 17.2 Å². The third-order valence-electron chi connectivity index (χ3n) is 4.47. The van der Waals surface area contributed by atoms with Crippen molar-refractivity contribution in [2.75, 3.05) is 43.8 Å². The number of sulfonamides is 1. The van der Waals surface area contributed by atoms with Crippen molar-refractivity contribution >= 4 is 61.4 Å². The maximum atomic E-state index is 13.7. The summed E-state index contributed by atoms with van der Waals surface area (Å²) in [5.41, 5.74) is 0.0852. The summed E-state index contributed by atoms with van der Waals surface area (Å²) in [6.45, 7) is -0.582. The summed E-state index contributed by atoms with van der Waals surface area (Å²) < 4.78 is 44.8. The van der Waals surface area contributed by atoms with Gasteiger partial charge in [0.1, 0.15) is 12.3 Å². The Balaban J connectivity index is 2.06. The van der Waals surface area contributed by atoms with Crippen molar-refractivity contribution in [3.05, 3.63) is 41.4 Å². The minimum absolute atomic E-state index is 0.0852. The number of anilines is 2. The standard InChI is InChI=1S/C20H21ClN4O6S3/c1-29-15-7-5-12(21)9-14(15)25(11-18(26)22-19-23-24-20(32-4)33-19)34(27,28)13-6-8-16(30-2)17(10-13)31-3/h5-10H,11H2,1-4H3,(H,22,23,26). The number of carbonyl (C=O) groups excluding carboxylic acids is 1. The number of benzene rings is 2. The van der Waals surface area contributed by atoms with E-state index in [0.29, 0.717) is 10.1 Å². The Morgan fingerprint density at radius 1 is 1.06 bits per heavy atom. The molecule has 10 nitrogen and oxygen atoms in total. The lowest BCUT2D eigenvalue weighted by Gasteiger charge is -2.26. The number of ether oxygens (including phenoxy) is 3. The Morgan fingerprint density at radius 2 is 1.74 bits per heavy atom. The number of nitrogens with zero attached hydrogens (tertiary/aromatic N) is 3. The molecule has 1 heterocycles. The van der Waals surface area contributed by atoms with E-state index in [0.717, 1.165) is 4.31 Å². The first-order chi connectivity index (χ1) is 16.2. The maximum absolute atomic E-state index is 13.7. The van der Waals surface area contributed by atoms with E-state index in [1.807, 2.05) is 6.26 Å². The number of hydrogen-bond acceptors (Lipinski definition) is 10.